The molecule has 0 aliphatic carbocycles. The standard InChI is InChI=1S/C13H15N3OS.C2H6/c1-10-13(4-3-9-15-10)11-5-7-12(8-6-11)16(17)18-14-2;1-2/h3-9,14,17H,1-2H3;1-2H3. The Morgan fingerprint density at radius 2 is 1.80 bits per heavy atom. The zero-order valence-electron chi connectivity index (χ0n) is 12.3. The number of aryl methyl sites for hydroxylation is 1. The zero-order chi connectivity index (χ0) is 15.0. The number of rotatable bonds is 4. The second kappa shape index (κ2) is 8.58. The van der Waals surface area contributed by atoms with Gasteiger partial charge < -0.3 is 0 Å². The lowest BCUT2D eigenvalue weighted by atomic mass is 10.0. The van der Waals surface area contributed by atoms with E-state index in [0.717, 1.165) is 39.1 Å². The fourth-order valence-corrected chi connectivity index (χ4v) is 2.10. The van der Waals surface area contributed by atoms with Gasteiger partial charge in [0.2, 0.25) is 0 Å². The molecule has 2 N–H and O–H groups in total. The Morgan fingerprint density at radius 1 is 1.15 bits per heavy atom. The fraction of sp³-hybridized carbons (Fsp3) is 0.267. The molecule has 1 aromatic carbocycles. The number of pyridine rings is 1. The van der Waals surface area contributed by atoms with Gasteiger partial charge in [0.05, 0.1) is 17.8 Å². The molecule has 0 bridgehead atoms. The predicted octanol–water partition coefficient (Wildman–Crippen LogP) is 4.06. The Morgan fingerprint density at radius 3 is 2.35 bits per heavy atom. The molecule has 2 aromatic rings. The van der Waals surface area contributed by atoms with Crippen molar-refractivity contribution in [1.82, 2.24) is 9.71 Å². The summed E-state index contributed by atoms with van der Waals surface area (Å²) < 4.78 is 3.89. The van der Waals surface area contributed by atoms with E-state index in [2.05, 4.69) is 9.71 Å². The Hall–Kier alpha value is -1.56. The van der Waals surface area contributed by atoms with Crippen LogP contribution in [0.5, 0.6) is 0 Å². The minimum atomic E-state index is 0.722. The van der Waals surface area contributed by atoms with Crippen molar-refractivity contribution in [2.45, 2.75) is 20.8 Å². The quantitative estimate of drug-likeness (QED) is 0.657. The molecule has 1 aromatic heterocycles. The minimum Gasteiger partial charge on any atom is -0.276 e. The van der Waals surface area contributed by atoms with E-state index >= 15 is 0 Å². The Balaban J connectivity index is 0.000000956. The highest BCUT2D eigenvalue weighted by molar-refractivity contribution is 7.98. The van der Waals surface area contributed by atoms with Gasteiger partial charge in [-0.1, -0.05) is 32.0 Å². The summed E-state index contributed by atoms with van der Waals surface area (Å²) in [5, 5.41) is 9.66. The van der Waals surface area contributed by atoms with Gasteiger partial charge in [-0.25, -0.2) is 4.72 Å². The summed E-state index contributed by atoms with van der Waals surface area (Å²) in [7, 11) is 1.75. The number of benzene rings is 1. The van der Waals surface area contributed by atoms with Gasteiger partial charge in [0, 0.05) is 17.5 Å². The van der Waals surface area contributed by atoms with Crippen molar-refractivity contribution in [3.8, 4) is 11.1 Å². The van der Waals surface area contributed by atoms with E-state index in [-0.39, 0.29) is 0 Å². The van der Waals surface area contributed by atoms with Crippen LogP contribution in [0.2, 0.25) is 0 Å². The number of hydrogen-bond acceptors (Lipinski definition) is 5. The van der Waals surface area contributed by atoms with Crippen LogP contribution >= 0.6 is 12.1 Å². The van der Waals surface area contributed by atoms with Crippen molar-refractivity contribution in [1.29, 1.82) is 0 Å². The minimum absolute atomic E-state index is 0.722. The van der Waals surface area contributed by atoms with Gasteiger partial charge in [-0.2, -0.15) is 4.47 Å². The first-order chi connectivity index (χ1) is 9.72. The third kappa shape index (κ3) is 4.23. The lowest BCUT2D eigenvalue weighted by Crippen LogP contribution is -2.13. The third-order valence-electron chi connectivity index (χ3n) is 2.58. The largest absolute Gasteiger partial charge is 0.276 e. The van der Waals surface area contributed by atoms with E-state index in [1.807, 2.05) is 57.2 Å². The van der Waals surface area contributed by atoms with Crippen LogP contribution in [-0.2, 0) is 0 Å². The summed E-state index contributed by atoms with van der Waals surface area (Å²) >= 11 is 1.12. The van der Waals surface area contributed by atoms with Gasteiger partial charge in [-0.05, 0) is 37.7 Å². The van der Waals surface area contributed by atoms with Crippen LogP contribution < -0.4 is 9.19 Å². The highest BCUT2D eigenvalue weighted by Crippen LogP contribution is 2.25. The first kappa shape index (κ1) is 16.5. The third-order valence-corrected chi connectivity index (χ3v) is 3.15. The first-order valence-corrected chi connectivity index (χ1v) is 7.34. The smallest absolute Gasteiger partial charge is 0.0779 e. The highest BCUT2D eigenvalue weighted by atomic mass is 32.2. The second-order valence-electron chi connectivity index (χ2n) is 3.75. The number of anilines is 1. The topological polar surface area (TPSA) is 48.4 Å². The van der Waals surface area contributed by atoms with Crippen LogP contribution in [0.25, 0.3) is 11.1 Å². The van der Waals surface area contributed by atoms with Gasteiger partial charge in [0.15, 0.2) is 0 Å². The maximum atomic E-state index is 9.66. The maximum Gasteiger partial charge on any atom is 0.0779 e. The molecule has 0 saturated heterocycles. The van der Waals surface area contributed by atoms with Crippen LogP contribution in [0.15, 0.2) is 42.6 Å². The number of nitrogens with zero attached hydrogens (tertiary/aromatic N) is 2. The van der Waals surface area contributed by atoms with Crippen molar-refractivity contribution >= 4 is 17.8 Å². The van der Waals surface area contributed by atoms with E-state index in [0.29, 0.717) is 0 Å². The van der Waals surface area contributed by atoms with Crippen molar-refractivity contribution < 1.29 is 5.21 Å². The van der Waals surface area contributed by atoms with Gasteiger partial charge in [-0.15, -0.1) is 0 Å². The Kier molecular flexibility index (Phi) is 7.08. The van der Waals surface area contributed by atoms with Crippen molar-refractivity contribution in [2.24, 2.45) is 0 Å². The number of aromatic nitrogens is 1. The molecule has 0 radical (unpaired) electrons. The molecule has 4 nitrogen and oxygen atoms in total. The van der Waals surface area contributed by atoms with Crippen LogP contribution in [0.3, 0.4) is 0 Å². The van der Waals surface area contributed by atoms with Crippen LogP contribution in [0, 0.1) is 6.92 Å². The van der Waals surface area contributed by atoms with E-state index < -0.39 is 0 Å². The molecule has 0 fully saturated rings. The molecule has 0 unspecified atom stereocenters. The highest BCUT2D eigenvalue weighted by Gasteiger charge is 2.05. The monoisotopic (exact) mass is 291 g/mol. The van der Waals surface area contributed by atoms with Crippen LogP contribution in [-0.4, -0.2) is 17.2 Å². The molecule has 108 valence electrons. The van der Waals surface area contributed by atoms with Crippen molar-refractivity contribution in [3.63, 3.8) is 0 Å². The molecular formula is C15H21N3OS. The van der Waals surface area contributed by atoms with E-state index in [1.165, 1.54) is 0 Å². The summed E-state index contributed by atoms with van der Waals surface area (Å²) in [6, 6.07) is 11.6. The predicted molar refractivity (Wildman–Crippen MR) is 86.7 cm³/mol. The zero-order valence-corrected chi connectivity index (χ0v) is 13.1. The summed E-state index contributed by atoms with van der Waals surface area (Å²) in [5.74, 6) is 0. The van der Waals surface area contributed by atoms with Gasteiger partial charge in [-0.3, -0.25) is 10.2 Å². The van der Waals surface area contributed by atoms with E-state index in [4.69, 9.17) is 0 Å². The molecule has 0 aliphatic heterocycles. The summed E-state index contributed by atoms with van der Waals surface area (Å²) in [5.41, 5.74) is 3.91. The lowest BCUT2D eigenvalue weighted by Gasteiger charge is -2.14. The van der Waals surface area contributed by atoms with Crippen LogP contribution in [0.1, 0.15) is 19.5 Å². The van der Waals surface area contributed by atoms with E-state index in [1.54, 1.807) is 13.2 Å². The molecule has 2 rings (SSSR count). The van der Waals surface area contributed by atoms with Crippen molar-refractivity contribution in [3.05, 3.63) is 48.3 Å². The molecule has 1 heterocycles. The average molecular weight is 291 g/mol. The van der Waals surface area contributed by atoms with Gasteiger partial charge in [0.25, 0.3) is 0 Å². The Bertz CT molecular complexity index is 517. The van der Waals surface area contributed by atoms with Crippen molar-refractivity contribution in [2.75, 3.05) is 11.5 Å². The summed E-state index contributed by atoms with van der Waals surface area (Å²) in [6.07, 6.45) is 1.78. The van der Waals surface area contributed by atoms with Crippen LogP contribution in [0.4, 0.5) is 5.69 Å². The molecular weight excluding hydrogens is 270 g/mol. The number of nitrogens with one attached hydrogen (secondary N) is 1. The molecule has 5 heteroatoms. The summed E-state index contributed by atoms with van der Waals surface area (Å²) in [4.78, 5) is 4.27. The molecule has 0 amide bonds. The molecule has 0 aliphatic rings. The second-order valence-corrected chi connectivity index (χ2v) is 4.69. The van der Waals surface area contributed by atoms with E-state index in [9.17, 15) is 5.21 Å². The van der Waals surface area contributed by atoms with Gasteiger partial charge >= 0.3 is 0 Å². The fourth-order valence-electron chi connectivity index (χ4n) is 1.70. The lowest BCUT2D eigenvalue weighted by molar-refractivity contribution is 0.331. The maximum absolute atomic E-state index is 9.66. The normalized spacial score (nSPS) is 9.65. The van der Waals surface area contributed by atoms with Gasteiger partial charge in [0.1, 0.15) is 0 Å². The molecule has 0 atom stereocenters. The summed E-state index contributed by atoms with van der Waals surface area (Å²) in [6.45, 7) is 5.98. The Labute approximate surface area is 125 Å². The molecule has 0 saturated carbocycles. The molecule has 20 heavy (non-hydrogen) atoms. The average Bonchev–Trinajstić information content (AvgIpc) is 2.50. The molecule has 0 spiro atoms. The number of hydrogen-bond donors (Lipinski definition) is 2. The SMILES string of the molecule is CC.CNSN(O)c1ccc(-c2cccnc2C)cc1. The first-order valence-electron chi connectivity index (χ1n) is 6.57.